The minimum absolute atomic E-state index is 0.0927. The molecule has 2 aliphatic rings. The van der Waals surface area contributed by atoms with Gasteiger partial charge < -0.3 is 15.2 Å². The van der Waals surface area contributed by atoms with E-state index in [9.17, 15) is 19.5 Å². The van der Waals surface area contributed by atoms with Gasteiger partial charge in [0.1, 0.15) is 29.0 Å². The van der Waals surface area contributed by atoms with Crippen LogP contribution in [-0.2, 0) is 25.7 Å². The summed E-state index contributed by atoms with van der Waals surface area (Å²) in [4.78, 5) is 38.6. The maximum atomic E-state index is 13.0. The van der Waals surface area contributed by atoms with E-state index < -0.39 is 28.9 Å². The van der Waals surface area contributed by atoms with Crippen molar-refractivity contribution < 1.29 is 24.2 Å². The molecule has 2 N–H and O–H groups in total. The van der Waals surface area contributed by atoms with Gasteiger partial charge in [0, 0.05) is 18.6 Å². The number of β-lactam (4-membered cyclic amide) rings is 1. The zero-order valence-electron chi connectivity index (χ0n) is 16.2. The molecule has 2 aromatic heterocycles. The Morgan fingerprint density at radius 3 is 2.87 bits per heavy atom. The molecule has 0 radical (unpaired) electrons. The van der Waals surface area contributed by atoms with Crippen molar-refractivity contribution >= 4 is 52.6 Å². The lowest BCUT2D eigenvalue weighted by atomic mass is 9.98. The van der Waals surface area contributed by atoms with Crippen molar-refractivity contribution in [1.82, 2.24) is 40.6 Å². The van der Waals surface area contributed by atoms with Gasteiger partial charge in [-0.15, -0.1) is 27.1 Å². The molecule has 1 fully saturated rings. The highest BCUT2D eigenvalue weighted by Crippen LogP contribution is 2.47. The predicted molar refractivity (Wildman–Crippen MR) is 109 cm³/mol. The van der Waals surface area contributed by atoms with Crippen molar-refractivity contribution in [1.29, 1.82) is 0 Å². The van der Waals surface area contributed by atoms with Crippen molar-refractivity contribution in [3.05, 3.63) is 22.6 Å². The molecule has 0 aromatic carbocycles. The average Bonchev–Trinajstić information content (AvgIpc) is 3.40. The van der Waals surface area contributed by atoms with E-state index in [4.69, 9.17) is 4.74 Å². The Hall–Kier alpha value is -2.56. The second-order valence-corrected chi connectivity index (χ2v) is 9.94. The molecule has 2 aliphatic heterocycles. The normalized spacial score (nSPS) is 22.8. The smallest absolute Gasteiger partial charge is 0.352 e. The lowest BCUT2D eigenvalue weighted by Crippen LogP contribution is -2.80. The molecule has 2 atom stereocenters. The fourth-order valence-corrected chi connectivity index (χ4v) is 6.58. The molecule has 16 heteroatoms. The monoisotopic (exact) mass is 484 g/mol. The summed E-state index contributed by atoms with van der Waals surface area (Å²) < 4.78 is 7.31. The Labute approximate surface area is 187 Å². The molecule has 0 saturated carbocycles. The van der Waals surface area contributed by atoms with Gasteiger partial charge in [0.25, 0.3) is 11.6 Å². The maximum absolute atomic E-state index is 13.0. The summed E-state index contributed by atoms with van der Waals surface area (Å²) in [6.45, 7) is 1.62. The number of nitrogens with one attached hydrogen (secondary N) is 1. The third-order valence-electron chi connectivity index (χ3n) is 4.53. The zero-order valence-corrected chi connectivity index (χ0v) is 18.7. The minimum atomic E-state index is -1.66. The van der Waals surface area contributed by atoms with Crippen LogP contribution < -0.4 is 5.32 Å². The summed E-state index contributed by atoms with van der Waals surface area (Å²) >= 11 is 4.10. The van der Waals surface area contributed by atoms with Crippen LogP contribution in [0.4, 0.5) is 0 Å². The van der Waals surface area contributed by atoms with Crippen LogP contribution in [0.5, 0.6) is 0 Å². The van der Waals surface area contributed by atoms with Crippen LogP contribution in [0.3, 0.4) is 0 Å². The van der Waals surface area contributed by atoms with Crippen molar-refractivity contribution in [2.24, 2.45) is 0 Å². The van der Waals surface area contributed by atoms with Crippen molar-refractivity contribution in [2.75, 3.05) is 18.6 Å². The Morgan fingerprint density at radius 2 is 2.26 bits per heavy atom. The number of methoxy groups -OCH3 is 1. The number of thioether (sulfide) groups is 2. The minimum Gasteiger partial charge on any atom is -0.477 e. The lowest BCUT2D eigenvalue weighted by Gasteiger charge is -2.55. The number of aryl methyl sites for hydroxylation is 1. The van der Waals surface area contributed by atoms with Crippen LogP contribution in [0.25, 0.3) is 0 Å². The molecule has 1 saturated heterocycles. The summed E-state index contributed by atoms with van der Waals surface area (Å²) in [6.07, 6.45) is 1.26. The number of fused-ring (bicyclic) bond motifs is 1. The van der Waals surface area contributed by atoms with Gasteiger partial charge in [0.2, 0.25) is 5.91 Å². The fourth-order valence-electron chi connectivity index (χ4n) is 3.19. The van der Waals surface area contributed by atoms with Crippen LogP contribution in [0.2, 0.25) is 0 Å². The number of carboxylic acid groups (broad SMARTS) is 1. The zero-order chi connectivity index (χ0) is 22.2. The highest BCUT2D eigenvalue weighted by atomic mass is 32.2. The van der Waals surface area contributed by atoms with Gasteiger partial charge in [0.15, 0.2) is 4.34 Å². The molecule has 164 valence electrons. The molecule has 0 bridgehead atoms. The van der Waals surface area contributed by atoms with E-state index in [0.29, 0.717) is 17.1 Å². The Bertz CT molecular complexity index is 1060. The highest BCUT2D eigenvalue weighted by Gasteiger charge is 2.66. The largest absolute Gasteiger partial charge is 0.477 e. The van der Waals surface area contributed by atoms with E-state index in [0.717, 1.165) is 9.35 Å². The van der Waals surface area contributed by atoms with Crippen LogP contribution >= 0.6 is 34.9 Å². The first-order chi connectivity index (χ1) is 14.9. The van der Waals surface area contributed by atoms with Gasteiger partial charge in [-0.1, -0.05) is 23.1 Å². The van der Waals surface area contributed by atoms with Gasteiger partial charge >= 0.3 is 5.97 Å². The molecule has 31 heavy (non-hydrogen) atoms. The van der Waals surface area contributed by atoms with Crippen LogP contribution in [0.1, 0.15) is 5.01 Å². The number of aromatic nitrogens is 6. The average molecular weight is 485 g/mol. The molecule has 4 heterocycles. The van der Waals surface area contributed by atoms with E-state index in [1.807, 2.05) is 6.92 Å². The van der Waals surface area contributed by atoms with Crippen molar-refractivity contribution in [2.45, 2.75) is 28.9 Å². The standard InChI is InChI=1S/C15H16N8O5S3/c1-7-18-19-14(31-7)30-5-8-4-29-13-15(28-2,12(27)23(13)10(8)11(25)26)17-9(24)3-22-6-16-20-21-22/h6,13H,3-5H2,1-2H3,(H,17,24)(H,25,26)/t13-,15?/m1/s1. The van der Waals surface area contributed by atoms with Crippen LogP contribution in [0, 0.1) is 6.92 Å². The van der Waals surface area contributed by atoms with Crippen molar-refractivity contribution in [3.8, 4) is 0 Å². The number of hydrogen-bond donors (Lipinski definition) is 2. The van der Waals surface area contributed by atoms with E-state index >= 15 is 0 Å². The first kappa shape index (κ1) is 21.7. The first-order valence-electron chi connectivity index (χ1n) is 8.76. The van der Waals surface area contributed by atoms with E-state index in [2.05, 4.69) is 31.0 Å². The fraction of sp³-hybridized carbons (Fsp3) is 0.467. The van der Waals surface area contributed by atoms with Gasteiger partial charge in [-0.2, -0.15) is 0 Å². The quantitative estimate of drug-likeness (QED) is 0.276. The van der Waals surface area contributed by atoms with E-state index in [1.54, 1.807) is 0 Å². The molecule has 13 nitrogen and oxygen atoms in total. The Balaban J connectivity index is 1.52. The molecule has 0 spiro atoms. The maximum Gasteiger partial charge on any atom is 0.352 e. The van der Waals surface area contributed by atoms with E-state index in [-0.39, 0.29) is 12.2 Å². The Kier molecular flexibility index (Phi) is 5.96. The number of carboxylic acids is 1. The number of nitrogens with zero attached hydrogens (tertiary/aromatic N) is 7. The van der Waals surface area contributed by atoms with Gasteiger partial charge in [-0.3, -0.25) is 14.5 Å². The molecule has 0 aliphatic carbocycles. The number of aliphatic carboxylic acids is 1. The second-order valence-electron chi connectivity index (χ2n) is 6.47. The molecule has 1 unspecified atom stereocenters. The number of tetrazole rings is 1. The summed E-state index contributed by atoms with van der Waals surface area (Å²) in [6, 6.07) is 0. The third kappa shape index (κ3) is 3.90. The SMILES string of the molecule is COC1(NC(=O)Cn2cnnn2)C(=O)N2C(C(=O)O)=C(CSc3nnc(C)s3)CS[C@@H]21. The lowest BCUT2D eigenvalue weighted by molar-refractivity contribution is -0.192. The van der Waals surface area contributed by atoms with Crippen LogP contribution in [-0.4, -0.2) is 87.9 Å². The van der Waals surface area contributed by atoms with Gasteiger partial charge in [0.05, 0.1) is 0 Å². The molecule has 2 aromatic rings. The molecular formula is C15H16N8O5S3. The summed E-state index contributed by atoms with van der Waals surface area (Å²) in [5.41, 5.74) is -1.17. The Morgan fingerprint density at radius 1 is 1.45 bits per heavy atom. The highest BCUT2D eigenvalue weighted by molar-refractivity contribution is 8.01. The number of ether oxygens (including phenoxy) is 1. The topological polar surface area (TPSA) is 165 Å². The summed E-state index contributed by atoms with van der Waals surface area (Å²) in [5.74, 6) is -1.70. The summed E-state index contributed by atoms with van der Waals surface area (Å²) in [5, 5.41) is 30.9. The number of rotatable bonds is 8. The first-order valence-corrected chi connectivity index (χ1v) is 11.6. The second kappa shape index (κ2) is 8.52. The van der Waals surface area contributed by atoms with Gasteiger partial charge in [-0.25, -0.2) is 9.48 Å². The number of carbonyl (C=O) groups excluding carboxylic acids is 2. The number of carbonyl (C=O) groups is 3. The van der Waals surface area contributed by atoms with E-state index in [1.165, 1.54) is 57.9 Å². The third-order valence-corrected chi connectivity index (χ3v) is 7.97. The molecular weight excluding hydrogens is 468 g/mol. The number of hydrogen-bond acceptors (Lipinski definition) is 12. The van der Waals surface area contributed by atoms with Crippen molar-refractivity contribution in [3.63, 3.8) is 0 Å². The van der Waals surface area contributed by atoms with Crippen LogP contribution in [0.15, 0.2) is 21.9 Å². The number of amides is 2. The predicted octanol–water partition coefficient (Wildman–Crippen LogP) is -0.662. The van der Waals surface area contributed by atoms with Gasteiger partial charge in [-0.05, 0) is 22.9 Å². The summed E-state index contributed by atoms with van der Waals surface area (Å²) in [7, 11) is 1.29. The molecule has 4 rings (SSSR count). The molecule has 2 amide bonds.